The summed E-state index contributed by atoms with van der Waals surface area (Å²) in [7, 11) is 0. The third-order valence-electron chi connectivity index (χ3n) is 4.89. The van der Waals surface area contributed by atoms with Crippen LogP contribution in [-0.4, -0.2) is 20.7 Å². The summed E-state index contributed by atoms with van der Waals surface area (Å²) in [6.45, 7) is 3.70. The standard InChI is InChI=1S/C18H16N4O7/c1-18(2)5-12(23)15-13(6-18)29-17(20)9(7-19)14(15)8-3-10(21(25)26)16(24)11(4-8)22(27)28/h3-4,14,24H,5-6,20H2,1-2H3. The quantitative estimate of drug-likeness (QED) is 0.568. The van der Waals surface area contributed by atoms with E-state index in [1.165, 1.54) is 0 Å². The molecule has 1 aliphatic carbocycles. The highest BCUT2D eigenvalue weighted by atomic mass is 16.6. The van der Waals surface area contributed by atoms with Crippen LogP contribution in [0.2, 0.25) is 0 Å². The highest BCUT2D eigenvalue weighted by molar-refractivity contribution is 6.00. The lowest BCUT2D eigenvalue weighted by atomic mass is 9.70. The molecule has 0 radical (unpaired) electrons. The van der Waals surface area contributed by atoms with Gasteiger partial charge in [-0.1, -0.05) is 13.8 Å². The second-order valence-corrected chi connectivity index (χ2v) is 7.62. The van der Waals surface area contributed by atoms with E-state index in [9.17, 15) is 35.4 Å². The zero-order valence-corrected chi connectivity index (χ0v) is 15.5. The van der Waals surface area contributed by atoms with Crippen LogP contribution in [-0.2, 0) is 9.53 Å². The number of carbonyl (C=O) groups is 1. The minimum atomic E-state index is -1.18. The molecule has 1 unspecified atom stereocenters. The topological polar surface area (TPSA) is 183 Å². The fraction of sp³-hybridized carbons (Fsp3) is 0.333. The molecule has 0 amide bonds. The molecule has 1 aromatic carbocycles. The van der Waals surface area contributed by atoms with E-state index in [2.05, 4.69) is 0 Å². The van der Waals surface area contributed by atoms with Gasteiger partial charge in [-0.3, -0.25) is 25.0 Å². The van der Waals surface area contributed by atoms with E-state index < -0.39 is 38.3 Å². The van der Waals surface area contributed by atoms with Crippen LogP contribution >= 0.6 is 0 Å². The maximum absolute atomic E-state index is 12.9. The van der Waals surface area contributed by atoms with Gasteiger partial charge in [0.1, 0.15) is 17.4 Å². The fourth-order valence-electron chi connectivity index (χ4n) is 3.69. The molecule has 0 fully saturated rings. The number of nitro groups is 2. The molecule has 0 bridgehead atoms. The minimum absolute atomic E-state index is 0.0791. The lowest BCUT2D eigenvalue weighted by Gasteiger charge is -2.37. The Morgan fingerprint density at radius 3 is 2.28 bits per heavy atom. The number of allylic oxidation sites excluding steroid dienone is 3. The van der Waals surface area contributed by atoms with Crippen LogP contribution in [0.25, 0.3) is 0 Å². The van der Waals surface area contributed by atoms with Crippen molar-refractivity contribution in [2.24, 2.45) is 11.1 Å². The van der Waals surface area contributed by atoms with Gasteiger partial charge >= 0.3 is 11.4 Å². The maximum atomic E-state index is 12.9. The molecule has 0 spiro atoms. The second-order valence-electron chi connectivity index (χ2n) is 7.62. The summed E-state index contributed by atoms with van der Waals surface area (Å²) < 4.78 is 5.51. The second kappa shape index (κ2) is 6.59. The molecule has 0 saturated heterocycles. The van der Waals surface area contributed by atoms with Crippen molar-refractivity contribution in [2.75, 3.05) is 0 Å². The number of ether oxygens (including phenoxy) is 1. The van der Waals surface area contributed by atoms with Gasteiger partial charge in [-0.25, -0.2) is 0 Å². The van der Waals surface area contributed by atoms with E-state index >= 15 is 0 Å². The monoisotopic (exact) mass is 400 g/mol. The van der Waals surface area contributed by atoms with Gasteiger partial charge in [-0.15, -0.1) is 0 Å². The van der Waals surface area contributed by atoms with Gasteiger partial charge in [0.2, 0.25) is 5.88 Å². The molecule has 0 saturated carbocycles. The molecule has 11 nitrogen and oxygen atoms in total. The summed E-state index contributed by atoms with van der Waals surface area (Å²) in [6, 6.07) is 3.64. The minimum Gasteiger partial charge on any atom is -0.497 e. The largest absolute Gasteiger partial charge is 0.497 e. The van der Waals surface area contributed by atoms with Crippen LogP contribution < -0.4 is 5.73 Å². The molecule has 1 heterocycles. The number of nitriles is 1. The number of phenolic OH excluding ortho intramolecular Hbond substituents is 1. The Morgan fingerprint density at radius 2 is 1.79 bits per heavy atom. The van der Waals surface area contributed by atoms with E-state index in [1.54, 1.807) is 0 Å². The Morgan fingerprint density at radius 1 is 1.24 bits per heavy atom. The van der Waals surface area contributed by atoms with E-state index in [0.717, 1.165) is 12.1 Å². The lowest BCUT2D eigenvalue weighted by molar-refractivity contribution is -0.396. The number of carbonyl (C=O) groups excluding carboxylic acids is 1. The van der Waals surface area contributed by atoms with Gasteiger partial charge < -0.3 is 15.6 Å². The number of Topliss-reactive ketones (excluding diaryl/α,β-unsaturated/α-hetero) is 1. The number of benzene rings is 1. The number of nitrogens with two attached hydrogens (primary N) is 1. The van der Waals surface area contributed by atoms with Crippen LogP contribution in [0, 0.1) is 37.0 Å². The molecular weight excluding hydrogens is 384 g/mol. The van der Waals surface area contributed by atoms with E-state index in [1.807, 2.05) is 19.9 Å². The number of nitro benzene ring substituents is 2. The number of ketones is 1. The van der Waals surface area contributed by atoms with E-state index in [0.29, 0.717) is 6.42 Å². The number of hydrogen-bond donors (Lipinski definition) is 2. The smallest absolute Gasteiger partial charge is 0.318 e. The molecular formula is C18H16N4O7. The van der Waals surface area contributed by atoms with Crippen molar-refractivity contribution in [1.29, 1.82) is 5.26 Å². The summed E-state index contributed by atoms with van der Waals surface area (Å²) in [5, 5.41) is 42.1. The molecule has 150 valence electrons. The Labute approximate surface area is 164 Å². The molecule has 0 aromatic heterocycles. The first-order valence-corrected chi connectivity index (χ1v) is 8.46. The predicted molar refractivity (Wildman–Crippen MR) is 97.1 cm³/mol. The van der Waals surface area contributed by atoms with Gasteiger partial charge in [0.05, 0.1) is 15.8 Å². The molecule has 1 aromatic rings. The molecule has 29 heavy (non-hydrogen) atoms. The van der Waals surface area contributed by atoms with Gasteiger partial charge in [0.15, 0.2) is 5.78 Å². The average molecular weight is 400 g/mol. The van der Waals surface area contributed by atoms with E-state index in [4.69, 9.17) is 10.5 Å². The summed E-state index contributed by atoms with van der Waals surface area (Å²) in [5.41, 5.74) is 3.41. The Balaban J connectivity index is 2.32. The first-order chi connectivity index (χ1) is 13.5. The van der Waals surface area contributed by atoms with Gasteiger partial charge in [0.25, 0.3) is 5.75 Å². The number of aromatic hydroxyl groups is 1. The molecule has 3 N–H and O–H groups in total. The number of rotatable bonds is 3. The van der Waals surface area contributed by atoms with Crippen molar-refractivity contribution in [2.45, 2.75) is 32.6 Å². The van der Waals surface area contributed by atoms with Crippen molar-refractivity contribution < 1.29 is 24.5 Å². The first kappa shape index (κ1) is 19.8. The zero-order valence-electron chi connectivity index (χ0n) is 15.5. The zero-order chi connectivity index (χ0) is 21.7. The van der Waals surface area contributed by atoms with Gasteiger partial charge in [0, 0.05) is 30.5 Å². The molecule has 2 aliphatic rings. The summed E-state index contributed by atoms with van der Waals surface area (Å²) in [5.74, 6) is -2.69. The Bertz CT molecular complexity index is 1040. The lowest BCUT2D eigenvalue weighted by Crippen LogP contribution is -2.33. The third kappa shape index (κ3) is 3.25. The van der Waals surface area contributed by atoms with Crippen LogP contribution in [0.1, 0.15) is 38.2 Å². The number of hydrogen-bond acceptors (Lipinski definition) is 9. The van der Waals surface area contributed by atoms with Crippen molar-refractivity contribution in [3.8, 4) is 11.8 Å². The molecule has 1 aliphatic heterocycles. The van der Waals surface area contributed by atoms with Gasteiger partial charge in [-0.2, -0.15) is 5.26 Å². The summed E-state index contributed by atoms with van der Waals surface area (Å²) in [6.07, 6.45) is 0.457. The van der Waals surface area contributed by atoms with Crippen LogP contribution in [0.5, 0.6) is 5.75 Å². The Kier molecular flexibility index (Phi) is 4.50. The van der Waals surface area contributed by atoms with Crippen molar-refractivity contribution in [3.05, 3.63) is 60.7 Å². The Hall–Kier alpha value is -3.94. The predicted octanol–water partition coefficient (Wildman–Crippen LogP) is 2.66. The van der Waals surface area contributed by atoms with Crippen molar-refractivity contribution in [1.82, 2.24) is 0 Å². The molecule has 3 rings (SSSR count). The van der Waals surface area contributed by atoms with Crippen LogP contribution in [0.15, 0.2) is 34.9 Å². The normalized spacial score (nSPS) is 20.6. The molecule has 1 atom stereocenters. The number of nitrogens with zero attached hydrogens (tertiary/aromatic N) is 3. The first-order valence-electron chi connectivity index (χ1n) is 8.46. The fourth-order valence-corrected chi connectivity index (χ4v) is 3.69. The van der Waals surface area contributed by atoms with Gasteiger partial charge in [-0.05, 0) is 11.0 Å². The van der Waals surface area contributed by atoms with Crippen molar-refractivity contribution in [3.63, 3.8) is 0 Å². The third-order valence-corrected chi connectivity index (χ3v) is 4.89. The summed E-state index contributed by atoms with van der Waals surface area (Å²) in [4.78, 5) is 33.5. The SMILES string of the molecule is CC1(C)CC(=O)C2=C(C1)OC(N)=C(C#N)C2c1cc([N+](=O)[O-])c(O)c([N+](=O)[O-])c1. The van der Waals surface area contributed by atoms with Crippen LogP contribution in [0.3, 0.4) is 0 Å². The van der Waals surface area contributed by atoms with E-state index in [-0.39, 0.29) is 40.6 Å². The highest BCUT2D eigenvalue weighted by Crippen LogP contribution is 2.49. The highest BCUT2D eigenvalue weighted by Gasteiger charge is 2.44. The van der Waals surface area contributed by atoms with Crippen molar-refractivity contribution >= 4 is 17.2 Å². The average Bonchev–Trinajstić information content (AvgIpc) is 2.59. The number of phenols is 1. The van der Waals surface area contributed by atoms with Crippen LogP contribution in [0.4, 0.5) is 11.4 Å². The maximum Gasteiger partial charge on any atom is 0.318 e. The summed E-state index contributed by atoms with van der Waals surface area (Å²) >= 11 is 0. The molecule has 11 heteroatoms.